The van der Waals surface area contributed by atoms with Crippen LogP contribution >= 0.6 is 0 Å². The van der Waals surface area contributed by atoms with Crippen LogP contribution in [0.3, 0.4) is 0 Å². The Balaban J connectivity index is 2.57. The normalized spacial score (nSPS) is 10.0. The van der Waals surface area contributed by atoms with Crippen molar-refractivity contribution < 1.29 is 15.0 Å². The van der Waals surface area contributed by atoms with E-state index < -0.39 is 5.91 Å². The highest BCUT2D eigenvalue weighted by molar-refractivity contribution is 6.16. The van der Waals surface area contributed by atoms with Gasteiger partial charge in [-0.15, -0.1) is 0 Å². The van der Waals surface area contributed by atoms with Crippen LogP contribution in [0, 0.1) is 0 Å². The predicted octanol–water partition coefficient (Wildman–Crippen LogP) is 1.42. The van der Waals surface area contributed by atoms with Crippen LogP contribution in [0.5, 0.6) is 11.5 Å². The number of para-hydroxylation sites is 2. The molecule has 102 valence electrons. The number of carbonyl (C=O) groups is 1. The van der Waals surface area contributed by atoms with Crippen molar-refractivity contribution in [1.82, 2.24) is 0 Å². The number of benzene rings is 2. The first-order chi connectivity index (χ1) is 9.59. The number of phenolic OH excluding ortho intramolecular Hbond substituents is 2. The highest BCUT2D eigenvalue weighted by Gasteiger charge is 2.14. The maximum Gasteiger partial charge on any atom is 0.239 e. The van der Waals surface area contributed by atoms with Gasteiger partial charge in [-0.2, -0.15) is 0 Å². The molecule has 0 unspecified atom stereocenters. The number of rotatable bonds is 4. The van der Waals surface area contributed by atoms with E-state index in [1.807, 2.05) is 0 Å². The Morgan fingerprint density at radius 3 is 1.80 bits per heavy atom. The summed E-state index contributed by atoms with van der Waals surface area (Å²) in [5.74, 6) is -0.564. The zero-order chi connectivity index (χ0) is 14.5. The van der Waals surface area contributed by atoms with Crippen LogP contribution in [-0.4, -0.2) is 28.4 Å². The van der Waals surface area contributed by atoms with Crippen molar-refractivity contribution >= 4 is 11.6 Å². The minimum atomic E-state index is -0.589. The van der Waals surface area contributed by atoms with Gasteiger partial charge >= 0.3 is 0 Å². The van der Waals surface area contributed by atoms with Crippen molar-refractivity contribution in [3.63, 3.8) is 0 Å². The average Bonchev–Trinajstić information content (AvgIpc) is 2.42. The lowest BCUT2D eigenvalue weighted by molar-refractivity contribution is -0.116. The number of primary amides is 1. The molecule has 2 aromatic rings. The quantitative estimate of drug-likeness (QED) is 0.733. The Kier molecular flexibility index (Phi) is 4.00. The zero-order valence-corrected chi connectivity index (χ0v) is 10.7. The molecule has 5 nitrogen and oxygen atoms in total. The van der Waals surface area contributed by atoms with Gasteiger partial charge in [-0.1, -0.05) is 24.3 Å². The minimum absolute atomic E-state index is 0.0129. The Morgan fingerprint density at radius 1 is 0.950 bits per heavy atom. The molecule has 0 spiro atoms. The summed E-state index contributed by atoms with van der Waals surface area (Å²) in [6.07, 6.45) is 0. The van der Waals surface area contributed by atoms with E-state index in [1.54, 1.807) is 36.4 Å². The maximum atomic E-state index is 10.9. The SMILES string of the molecule is NC(=O)CN=C(c1ccccc1O)c1ccccc1O. The second-order valence-corrected chi connectivity index (χ2v) is 4.17. The number of nitrogens with zero attached hydrogens (tertiary/aromatic N) is 1. The topological polar surface area (TPSA) is 95.9 Å². The Hall–Kier alpha value is -2.82. The standard InChI is InChI=1S/C15H14N2O3/c16-14(20)9-17-15(10-5-1-3-7-12(10)18)11-6-2-4-8-13(11)19/h1-8,18-19H,9H2,(H2,16,20). The first-order valence-corrected chi connectivity index (χ1v) is 5.99. The van der Waals surface area contributed by atoms with Gasteiger partial charge in [0.1, 0.15) is 18.0 Å². The van der Waals surface area contributed by atoms with Crippen molar-refractivity contribution in [3.8, 4) is 11.5 Å². The van der Waals surface area contributed by atoms with Crippen LogP contribution in [-0.2, 0) is 4.79 Å². The summed E-state index contributed by atoms with van der Waals surface area (Å²) in [6, 6.07) is 13.1. The lowest BCUT2D eigenvalue weighted by atomic mass is 10.0. The molecule has 4 N–H and O–H groups in total. The van der Waals surface area contributed by atoms with Gasteiger partial charge in [0.25, 0.3) is 0 Å². The number of phenols is 2. The maximum absolute atomic E-state index is 10.9. The zero-order valence-electron chi connectivity index (χ0n) is 10.7. The smallest absolute Gasteiger partial charge is 0.239 e. The summed E-state index contributed by atoms with van der Waals surface area (Å²) in [7, 11) is 0. The van der Waals surface area contributed by atoms with Crippen molar-refractivity contribution in [2.45, 2.75) is 0 Å². The molecule has 0 aliphatic carbocycles. The predicted molar refractivity (Wildman–Crippen MR) is 75.9 cm³/mol. The first-order valence-electron chi connectivity index (χ1n) is 5.99. The Morgan fingerprint density at radius 2 is 1.40 bits per heavy atom. The molecule has 0 saturated carbocycles. The Labute approximate surface area is 116 Å². The second kappa shape index (κ2) is 5.88. The number of amides is 1. The van der Waals surface area contributed by atoms with Crippen LogP contribution in [0.2, 0.25) is 0 Å². The van der Waals surface area contributed by atoms with Crippen molar-refractivity contribution in [3.05, 3.63) is 59.7 Å². The van der Waals surface area contributed by atoms with E-state index in [9.17, 15) is 15.0 Å². The summed E-state index contributed by atoms with van der Waals surface area (Å²) in [5, 5.41) is 19.8. The first kappa shape index (κ1) is 13.6. The summed E-state index contributed by atoms with van der Waals surface area (Å²) in [4.78, 5) is 15.0. The molecule has 2 rings (SSSR count). The van der Waals surface area contributed by atoms with E-state index in [-0.39, 0.29) is 18.0 Å². The van der Waals surface area contributed by atoms with E-state index in [0.29, 0.717) is 16.8 Å². The van der Waals surface area contributed by atoms with Crippen LogP contribution in [0.15, 0.2) is 53.5 Å². The number of nitrogens with two attached hydrogens (primary N) is 1. The van der Waals surface area contributed by atoms with E-state index in [1.165, 1.54) is 12.1 Å². The molecule has 0 fully saturated rings. The largest absolute Gasteiger partial charge is 0.507 e. The molecule has 5 heteroatoms. The summed E-state index contributed by atoms with van der Waals surface area (Å²) in [5.41, 5.74) is 6.27. The molecule has 0 bridgehead atoms. The van der Waals surface area contributed by atoms with Gasteiger partial charge in [-0.25, -0.2) is 0 Å². The van der Waals surface area contributed by atoms with Crippen LogP contribution < -0.4 is 5.73 Å². The van der Waals surface area contributed by atoms with Crippen molar-refractivity contribution in [2.75, 3.05) is 6.54 Å². The van der Waals surface area contributed by atoms with E-state index >= 15 is 0 Å². The number of hydrogen-bond acceptors (Lipinski definition) is 4. The number of aliphatic imine (C=N–C) groups is 1. The van der Waals surface area contributed by atoms with Gasteiger partial charge < -0.3 is 15.9 Å². The third-order valence-corrected chi connectivity index (χ3v) is 2.71. The fraction of sp³-hybridized carbons (Fsp3) is 0.0667. The van der Waals surface area contributed by atoms with Crippen LogP contribution in [0.4, 0.5) is 0 Å². The van der Waals surface area contributed by atoms with Gasteiger partial charge in [-0.3, -0.25) is 9.79 Å². The monoisotopic (exact) mass is 270 g/mol. The molecule has 0 aliphatic heterocycles. The third-order valence-electron chi connectivity index (χ3n) is 2.71. The molecule has 0 saturated heterocycles. The molecule has 20 heavy (non-hydrogen) atoms. The van der Waals surface area contributed by atoms with E-state index in [2.05, 4.69) is 4.99 Å². The van der Waals surface area contributed by atoms with Crippen LogP contribution in [0.1, 0.15) is 11.1 Å². The number of aromatic hydroxyl groups is 2. The number of hydrogen-bond donors (Lipinski definition) is 3. The van der Waals surface area contributed by atoms with Crippen LogP contribution in [0.25, 0.3) is 0 Å². The molecule has 0 aromatic heterocycles. The molecule has 0 radical (unpaired) electrons. The molecule has 0 heterocycles. The van der Waals surface area contributed by atoms with Gasteiger partial charge in [-0.05, 0) is 24.3 Å². The molecule has 0 aliphatic rings. The molecular formula is C15H14N2O3. The van der Waals surface area contributed by atoms with Gasteiger partial charge in [0.15, 0.2) is 0 Å². The summed E-state index contributed by atoms with van der Waals surface area (Å²) in [6.45, 7) is -0.224. The van der Waals surface area contributed by atoms with Gasteiger partial charge in [0.05, 0.1) is 5.71 Å². The van der Waals surface area contributed by atoms with E-state index in [0.717, 1.165) is 0 Å². The second-order valence-electron chi connectivity index (χ2n) is 4.17. The summed E-state index contributed by atoms with van der Waals surface area (Å²) < 4.78 is 0. The molecule has 2 aromatic carbocycles. The van der Waals surface area contributed by atoms with E-state index in [4.69, 9.17) is 5.73 Å². The average molecular weight is 270 g/mol. The van der Waals surface area contributed by atoms with Crippen molar-refractivity contribution in [2.24, 2.45) is 10.7 Å². The Bertz CT molecular complexity index is 618. The van der Waals surface area contributed by atoms with Gasteiger partial charge in [0, 0.05) is 11.1 Å². The number of carbonyl (C=O) groups excluding carboxylic acids is 1. The summed E-state index contributed by atoms with van der Waals surface area (Å²) >= 11 is 0. The molecular weight excluding hydrogens is 256 g/mol. The molecule has 0 atom stereocenters. The lowest BCUT2D eigenvalue weighted by Gasteiger charge is -2.10. The van der Waals surface area contributed by atoms with Gasteiger partial charge in [0.2, 0.25) is 5.91 Å². The molecule has 1 amide bonds. The third kappa shape index (κ3) is 2.95. The minimum Gasteiger partial charge on any atom is -0.507 e. The fourth-order valence-electron chi connectivity index (χ4n) is 1.82. The highest BCUT2D eigenvalue weighted by atomic mass is 16.3. The highest BCUT2D eigenvalue weighted by Crippen LogP contribution is 2.25. The lowest BCUT2D eigenvalue weighted by Crippen LogP contribution is -2.16. The fourth-order valence-corrected chi connectivity index (χ4v) is 1.82. The van der Waals surface area contributed by atoms with Crippen molar-refractivity contribution in [1.29, 1.82) is 0 Å².